The number of fused-ring (bicyclic) bond motifs is 1. The van der Waals surface area contributed by atoms with Crippen LogP contribution in [0.3, 0.4) is 0 Å². The van der Waals surface area contributed by atoms with Crippen molar-refractivity contribution in [2.24, 2.45) is 10.3 Å². The lowest BCUT2D eigenvalue weighted by molar-refractivity contribution is 0.0303. The number of esters is 1. The second-order valence-electron chi connectivity index (χ2n) is 7.14. The number of benzene rings is 1. The van der Waals surface area contributed by atoms with E-state index in [1.807, 2.05) is 19.9 Å². The van der Waals surface area contributed by atoms with Crippen LogP contribution in [0.5, 0.6) is 11.5 Å². The van der Waals surface area contributed by atoms with Crippen LogP contribution >= 0.6 is 11.3 Å². The number of methoxy groups -OCH3 is 2. The Morgan fingerprint density at radius 1 is 1.12 bits per heavy atom. The second kappa shape index (κ2) is 10.1. The molecule has 0 bridgehead atoms. The number of nitrogens with zero attached hydrogens (tertiary/aromatic N) is 2. The van der Waals surface area contributed by atoms with Crippen LogP contribution in [0.4, 0.5) is 0 Å². The molecule has 1 aliphatic carbocycles. The summed E-state index contributed by atoms with van der Waals surface area (Å²) in [4.78, 5) is 13.2. The molecule has 0 spiro atoms. The molecule has 168 valence electrons. The van der Waals surface area contributed by atoms with E-state index in [2.05, 4.69) is 10.3 Å². The maximum Gasteiger partial charge on any atom is 0.348 e. The van der Waals surface area contributed by atoms with E-state index in [9.17, 15) is 15.2 Å². The van der Waals surface area contributed by atoms with Crippen LogP contribution in [0.25, 0.3) is 0 Å². The number of rotatable bonds is 7. The molecule has 1 aromatic carbocycles. The molecule has 3 rings (SSSR count). The van der Waals surface area contributed by atoms with Gasteiger partial charge in [-0.2, -0.15) is 0 Å². The summed E-state index contributed by atoms with van der Waals surface area (Å²) in [5, 5.41) is 27.6. The Kier molecular flexibility index (Phi) is 7.32. The second-order valence-corrected chi connectivity index (χ2v) is 8.09. The minimum absolute atomic E-state index is 0.190. The highest BCUT2D eigenvalue weighted by molar-refractivity contribution is 7.11. The van der Waals surface area contributed by atoms with Crippen LogP contribution < -0.4 is 9.47 Å². The molecular formula is C23H24N2O6S. The molecule has 0 radical (unpaired) electrons. The van der Waals surface area contributed by atoms with Crippen LogP contribution in [-0.2, 0) is 4.74 Å². The standard InChI is InChI=1S/C23H24N2O6S/c1-13(2)7-10-17(31-23(26)19-6-5-11-32-19)14-12-18(29-3)20-15(24-27)8-9-16(25-28)21(20)22(14)30-4/h5-9,11-12,17,27-28H,10H2,1-4H3/b24-15+,25-16+/t17-/m0/s1. The molecule has 0 unspecified atom stereocenters. The Balaban J connectivity index is 2.22. The van der Waals surface area contributed by atoms with Crippen LogP contribution in [-0.4, -0.2) is 42.0 Å². The van der Waals surface area contributed by atoms with Crippen molar-refractivity contribution in [2.45, 2.75) is 26.4 Å². The molecule has 1 atom stereocenters. The number of allylic oxidation sites excluding steroid dienone is 3. The Labute approximate surface area is 189 Å². The van der Waals surface area contributed by atoms with E-state index in [1.165, 1.54) is 37.7 Å². The Morgan fingerprint density at radius 2 is 1.81 bits per heavy atom. The van der Waals surface area contributed by atoms with Gasteiger partial charge in [0, 0.05) is 12.0 Å². The van der Waals surface area contributed by atoms with Gasteiger partial charge in [0.2, 0.25) is 0 Å². The maximum absolute atomic E-state index is 12.8. The molecule has 9 heteroatoms. The first kappa shape index (κ1) is 23.1. The Bertz CT molecular complexity index is 1110. The zero-order valence-electron chi connectivity index (χ0n) is 18.2. The first-order chi connectivity index (χ1) is 15.4. The molecule has 1 aliphatic rings. The molecule has 32 heavy (non-hydrogen) atoms. The molecule has 0 saturated heterocycles. The van der Waals surface area contributed by atoms with Crippen LogP contribution in [0.1, 0.15) is 52.7 Å². The zero-order valence-corrected chi connectivity index (χ0v) is 19.0. The summed E-state index contributed by atoms with van der Waals surface area (Å²) < 4.78 is 17.1. The predicted molar refractivity (Wildman–Crippen MR) is 122 cm³/mol. The van der Waals surface area contributed by atoms with Gasteiger partial charge in [0.1, 0.15) is 33.9 Å². The van der Waals surface area contributed by atoms with Gasteiger partial charge < -0.3 is 24.6 Å². The van der Waals surface area contributed by atoms with Crippen molar-refractivity contribution in [1.82, 2.24) is 0 Å². The molecule has 0 amide bonds. The number of carbonyl (C=O) groups is 1. The summed E-state index contributed by atoms with van der Waals surface area (Å²) in [6, 6.07) is 5.16. The Hall–Kier alpha value is -3.59. The van der Waals surface area contributed by atoms with Crippen molar-refractivity contribution < 1.29 is 29.4 Å². The first-order valence-corrected chi connectivity index (χ1v) is 10.6. The lowest BCUT2D eigenvalue weighted by Crippen LogP contribution is -2.19. The van der Waals surface area contributed by atoms with Crippen molar-refractivity contribution in [2.75, 3.05) is 14.2 Å². The van der Waals surface area contributed by atoms with Gasteiger partial charge in [-0.1, -0.05) is 28.0 Å². The minimum Gasteiger partial charge on any atom is -0.496 e. The van der Waals surface area contributed by atoms with Gasteiger partial charge in [0.15, 0.2) is 0 Å². The summed E-state index contributed by atoms with van der Waals surface area (Å²) in [6.45, 7) is 3.91. The number of ether oxygens (including phenoxy) is 3. The third kappa shape index (κ3) is 4.52. The third-order valence-corrected chi connectivity index (χ3v) is 5.73. The van der Waals surface area contributed by atoms with Crippen molar-refractivity contribution in [3.05, 3.63) is 68.9 Å². The van der Waals surface area contributed by atoms with Crippen LogP contribution in [0, 0.1) is 0 Å². The average molecular weight is 457 g/mol. The maximum atomic E-state index is 12.8. The van der Waals surface area contributed by atoms with Gasteiger partial charge in [0.25, 0.3) is 0 Å². The van der Waals surface area contributed by atoms with Gasteiger partial charge in [-0.3, -0.25) is 0 Å². The smallest absolute Gasteiger partial charge is 0.348 e. The van der Waals surface area contributed by atoms with Crippen molar-refractivity contribution in [1.29, 1.82) is 0 Å². The fourth-order valence-electron chi connectivity index (χ4n) is 3.43. The quantitative estimate of drug-likeness (QED) is 0.264. The number of hydrogen-bond donors (Lipinski definition) is 2. The third-order valence-electron chi connectivity index (χ3n) is 4.88. The molecule has 1 heterocycles. The molecule has 8 nitrogen and oxygen atoms in total. The zero-order chi connectivity index (χ0) is 23.3. The van der Waals surface area contributed by atoms with E-state index in [0.717, 1.165) is 5.57 Å². The summed E-state index contributed by atoms with van der Waals surface area (Å²) in [5.74, 6) is 0.216. The van der Waals surface area contributed by atoms with E-state index in [4.69, 9.17) is 14.2 Å². The highest BCUT2D eigenvalue weighted by atomic mass is 32.1. The molecule has 0 saturated carbocycles. The van der Waals surface area contributed by atoms with Crippen molar-refractivity contribution in [3.63, 3.8) is 0 Å². The van der Waals surface area contributed by atoms with E-state index in [-0.39, 0.29) is 11.4 Å². The van der Waals surface area contributed by atoms with Crippen molar-refractivity contribution >= 4 is 28.7 Å². The number of hydrogen-bond acceptors (Lipinski definition) is 9. The average Bonchev–Trinajstić information content (AvgIpc) is 3.34. The van der Waals surface area contributed by atoms with E-state index >= 15 is 0 Å². The molecule has 0 fully saturated rings. The number of thiophene rings is 1. The van der Waals surface area contributed by atoms with Crippen LogP contribution in [0.2, 0.25) is 0 Å². The van der Waals surface area contributed by atoms with Gasteiger partial charge in [-0.05, 0) is 43.5 Å². The molecule has 2 N–H and O–H groups in total. The predicted octanol–water partition coefficient (Wildman–Crippen LogP) is 4.95. The SMILES string of the molecule is COc1cc([C@H](CC=C(C)C)OC(=O)c2cccs2)c(OC)c2c1/C(=N/O)C=C/C2=N\O. The van der Waals surface area contributed by atoms with E-state index in [1.54, 1.807) is 23.6 Å². The molecular weight excluding hydrogens is 432 g/mol. The fraction of sp³-hybridized carbons (Fsp3) is 0.261. The minimum atomic E-state index is -0.714. The van der Waals surface area contributed by atoms with Gasteiger partial charge in [-0.15, -0.1) is 11.3 Å². The van der Waals surface area contributed by atoms with E-state index < -0.39 is 12.1 Å². The lowest BCUT2D eigenvalue weighted by Gasteiger charge is -2.25. The first-order valence-electron chi connectivity index (χ1n) is 9.74. The number of oxime groups is 2. The lowest BCUT2D eigenvalue weighted by atomic mass is 9.88. The Morgan fingerprint density at radius 3 is 2.34 bits per heavy atom. The number of carbonyl (C=O) groups excluding carboxylic acids is 1. The molecule has 0 aliphatic heterocycles. The van der Waals surface area contributed by atoms with E-state index in [0.29, 0.717) is 39.5 Å². The summed E-state index contributed by atoms with van der Waals surface area (Å²) in [5.41, 5.74) is 2.76. The van der Waals surface area contributed by atoms with Gasteiger partial charge in [0.05, 0.1) is 25.3 Å². The fourth-order valence-corrected chi connectivity index (χ4v) is 4.04. The largest absolute Gasteiger partial charge is 0.496 e. The summed E-state index contributed by atoms with van der Waals surface area (Å²) >= 11 is 1.29. The van der Waals surface area contributed by atoms with Crippen LogP contribution in [0.15, 0.2) is 57.7 Å². The summed E-state index contributed by atoms with van der Waals surface area (Å²) in [6.07, 6.45) is 4.62. The van der Waals surface area contributed by atoms with Crippen molar-refractivity contribution in [3.8, 4) is 11.5 Å². The topological polar surface area (TPSA) is 110 Å². The van der Waals surface area contributed by atoms with Gasteiger partial charge in [-0.25, -0.2) is 4.79 Å². The molecule has 2 aromatic rings. The summed E-state index contributed by atoms with van der Waals surface area (Å²) in [7, 11) is 2.94. The normalized spacial score (nSPS) is 15.9. The highest BCUT2D eigenvalue weighted by Crippen LogP contribution is 2.42. The highest BCUT2D eigenvalue weighted by Gasteiger charge is 2.32. The molecule has 1 aromatic heterocycles. The monoisotopic (exact) mass is 456 g/mol. The van der Waals surface area contributed by atoms with Gasteiger partial charge >= 0.3 is 5.97 Å².